The zero-order valence-corrected chi connectivity index (χ0v) is 11.3. The van der Waals surface area contributed by atoms with E-state index in [9.17, 15) is 18.5 Å². The summed E-state index contributed by atoms with van der Waals surface area (Å²) in [5.41, 5.74) is 5.08. The predicted octanol–water partition coefficient (Wildman–Crippen LogP) is 0.490. The van der Waals surface area contributed by atoms with E-state index in [4.69, 9.17) is 10.5 Å². The van der Waals surface area contributed by atoms with E-state index in [1.54, 1.807) is 6.92 Å². The smallest absolute Gasteiger partial charge is 0.289 e. The Morgan fingerprint density at radius 3 is 2.68 bits per heavy atom. The van der Waals surface area contributed by atoms with Crippen LogP contribution in [0.5, 0.6) is 0 Å². The lowest BCUT2D eigenvalue weighted by atomic mass is 10.3. The van der Waals surface area contributed by atoms with Crippen LogP contribution in [0.2, 0.25) is 0 Å². The van der Waals surface area contributed by atoms with E-state index in [1.807, 2.05) is 0 Å². The van der Waals surface area contributed by atoms with Gasteiger partial charge in [-0.05, 0) is 19.1 Å². The highest BCUT2D eigenvalue weighted by Crippen LogP contribution is 2.25. The Morgan fingerprint density at radius 1 is 1.53 bits per heavy atom. The number of nitro benzene ring substituents is 1. The Morgan fingerprint density at radius 2 is 2.16 bits per heavy atom. The molecule has 0 fully saturated rings. The zero-order valence-electron chi connectivity index (χ0n) is 10.5. The SMILES string of the molecule is COCC(C)NS(=O)(=O)c1cc(N)ccc1[N+](=O)[O-]. The molecule has 0 heterocycles. The van der Waals surface area contributed by atoms with Gasteiger partial charge < -0.3 is 10.5 Å². The van der Waals surface area contributed by atoms with Crippen LogP contribution in [0.4, 0.5) is 11.4 Å². The standard InChI is InChI=1S/C10H15N3O5S/c1-7(6-18-2)12-19(16,17)10-5-8(11)3-4-9(10)13(14)15/h3-5,7,12H,6,11H2,1-2H3. The van der Waals surface area contributed by atoms with Crippen molar-refractivity contribution in [1.82, 2.24) is 4.72 Å². The van der Waals surface area contributed by atoms with Crippen LogP contribution in [0.25, 0.3) is 0 Å². The first-order valence-electron chi connectivity index (χ1n) is 5.33. The molecule has 1 rings (SSSR count). The molecule has 0 spiro atoms. The van der Waals surface area contributed by atoms with Gasteiger partial charge in [-0.25, -0.2) is 13.1 Å². The van der Waals surface area contributed by atoms with Crippen molar-refractivity contribution in [3.8, 4) is 0 Å². The van der Waals surface area contributed by atoms with E-state index >= 15 is 0 Å². The van der Waals surface area contributed by atoms with Gasteiger partial charge in [0.1, 0.15) is 0 Å². The fourth-order valence-corrected chi connectivity index (χ4v) is 2.94. The van der Waals surface area contributed by atoms with Crippen LogP contribution in [0, 0.1) is 10.1 Å². The van der Waals surface area contributed by atoms with Gasteiger partial charge in [-0.3, -0.25) is 10.1 Å². The summed E-state index contributed by atoms with van der Waals surface area (Å²) in [7, 11) is -2.61. The largest absolute Gasteiger partial charge is 0.399 e. The highest BCUT2D eigenvalue weighted by molar-refractivity contribution is 7.89. The summed E-state index contributed by atoms with van der Waals surface area (Å²) >= 11 is 0. The molecule has 0 aliphatic rings. The zero-order chi connectivity index (χ0) is 14.6. The molecular weight excluding hydrogens is 274 g/mol. The topological polar surface area (TPSA) is 125 Å². The van der Waals surface area contributed by atoms with Crippen molar-refractivity contribution < 1.29 is 18.1 Å². The summed E-state index contributed by atoms with van der Waals surface area (Å²) in [6.45, 7) is 1.73. The number of hydrogen-bond acceptors (Lipinski definition) is 6. The van der Waals surface area contributed by atoms with Crippen LogP contribution in [0.1, 0.15) is 6.92 Å². The van der Waals surface area contributed by atoms with Gasteiger partial charge in [-0.1, -0.05) is 0 Å². The molecule has 0 aliphatic carbocycles. The van der Waals surface area contributed by atoms with E-state index in [-0.39, 0.29) is 12.3 Å². The molecule has 0 saturated heterocycles. The van der Waals surface area contributed by atoms with E-state index in [1.165, 1.54) is 13.2 Å². The number of hydrogen-bond donors (Lipinski definition) is 2. The molecule has 1 aromatic carbocycles. The number of anilines is 1. The van der Waals surface area contributed by atoms with Crippen molar-refractivity contribution in [3.05, 3.63) is 28.3 Å². The van der Waals surface area contributed by atoms with Crippen molar-refractivity contribution >= 4 is 21.4 Å². The van der Waals surface area contributed by atoms with Gasteiger partial charge in [0.2, 0.25) is 10.0 Å². The minimum Gasteiger partial charge on any atom is -0.399 e. The monoisotopic (exact) mass is 289 g/mol. The third-order valence-corrected chi connectivity index (χ3v) is 3.86. The Hall–Kier alpha value is -1.71. The second-order valence-corrected chi connectivity index (χ2v) is 5.64. The molecule has 0 aromatic heterocycles. The van der Waals surface area contributed by atoms with Gasteiger partial charge in [0.05, 0.1) is 11.5 Å². The van der Waals surface area contributed by atoms with Crippen LogP contribution in [-0.2, 0) is 14.8 Å². The summed E-state index contributed by atoms with van der Waals surface area (Å²) in [4.78, 5) is 9.61. The molecular formula is C10H15N3O5S. The number of nitrogens with zero attached hydrogens (tertiary/aromatic N) is 1. The minimum absolute atomic E-state index is 0.130. The minimum atomic E-state index is -4.03. The van der Waals surface area contributed by atoms with E-state index in [0.29, 0.717) is 0 Å². The lowest BCUT2D eigenvalue weighted by Gasteiger charge is -2.13. The molecule has 1 unspecified atom stereocenters. The maximum atomic E-state index is 12.1. The number of benzene rings is 1. The molecule has 0 radical (unpaired) electrons. The first-order valence-corrected chi connectivity index (χ1v) is 6.81. The summed E-state index contributed by atoms with van der Waals surface area (Å²) in [6, 6.07) is 2.87. The fourth-order valence-electron chi connectivity index (χ4n) is 1.51. The lowest BCUT2D eigenvalue weighted by Crippen LogP contribution is -2.35. The van der Waals surface area contributed by atoms with Crippen molar-refractivity contribution in [1.29, 1.82) is 0 Å². The summed E-state index contributed by atoms with van der Waals surface area (Å²) in [5, 5.41) is 10.8. The van der Waals surface area contributed by atoms with Crippen molar-refractivity contribution in [3.63, 3.8) is 0 Å². The van der Waals surface area contributed by atoms with Crippen molar-refractivity contribution in [2.24, 2.45) is 0 Å². The number of nitrogen functional groups attached to an aromatic ring is 1. The normalized spacial score (nSPS) is 13.2. The molecule has 0 amide bonds. The second kappa shape index (κ2) is 5.95. The number of rotatable bonds is 6. The highest BCUT2D eigenvalue weighted by atomic mass is 32.2. The fraction of sp³-hybridized carbons (Fsp3) is 0.400. The molecule has 19 heavy (non-hydrogen) atoms. The Labute approximate surface area is 110 Å². The molecule has 9 heteroatoms. The highest BCUT2D eigenvalue weighted by Gasteiger charge is 2.27. The average Bonchev–Trinajstić information content (AvgIpc) is 2.27. The third kappa shape index (κ3) is 3.88. The maximum absolute atomic E-state index is 12.1. The number of nitrogens with two attached hydrogens (primary N) is 1. The quantitative estimate of drug-likeness (QED) is 0.446. The first kappa shape index (κ1) is 15.3. The van der Waals surface area contributed by atoms with Crippen molar-refractivity contribution in [2.75, 3.05) is 19.5 Å². The van der Waals surface area contributed by atoms with Crippen LogP contribution < -0.4 is 10.5 Å². The summed E-state index contributed by atoms with van der Waals surface area (Å²) in [5.74, 6) is 0. The molecule has 0 bridgehead atoms. The van der Waals surface area contributed by atoms with Gasteiger partial charge >= 0.3 is 0 Å². The number of sulfonamides is 1. The number of nitro groups is 1. The van der Waals surface area contributed by atoms with Crippen LogP contribution >= 0.6 is 0 Å². The number of methoxy groups -OCH3 is 1. The van der Waals surface area contributed by atoms with Gasteiger partial charge in [0, 0.05) is 24.9 Å². The Balaban J connectivity index is 3.20. The molecule has 106 valence electrons. The second-order valence-electron chi connectivity index (χ2n) is 3.96. The van der Waals surface area contributed by atoms with Crippen LogP contribution in [0.15, 0.2) is 23.1 Å². The van der Waals surface area contributed by atoms with E-state index in [0.717, 1.165) is 12.1 Å². The molecule has 0 aliphatic heterocycles. The van der Waals surface area contributed by atoms with Gasteiger partial charge in [-0.2, -0.15) is 0 Å². The molecule has 3 N–H and O–H groups in total. The predicted molar refractivity (Wildman–Crippen MR) is 69.2 cm³/mol. The number of nitrogens with one attached hydrogen (secondary N) is 1. The molecule has 1 aromatic rings. The summed E-state index contributed by atoms with van der Waals surface area (Å²) in [6.07, 6.45) is 0. The molecule has 1 atom stereocenters. The van der Waals surface area contributed by atoms with Gasteiger partial charge in [0.25, 0.3) is 5.69 Å². The molecule has 8 nitrogen and oxygen atoms in total. The Kier molecular flexibility index (Phi) is 4.81. The molecule has 0 saturated carbocycles. The van der Waals surface area contributed by atoms with Gasteiger partial charge in [0.15, 0.2) is 4.90 Å². The lowest BCUT2D eigenvalue weighted by molar-refractivity contribution is -0.387. The van der Waals surface area contributed by atoms with E-state index in [2.05, 4.69) is 4.72 Å². The summed E-state index contributed by atoms with van der Waals surface area (Å²) < 4.78 is 31.2. The third-order valence-electron chi connectivity index (χ3n) is 2.24. The van der Waals surface area contributed by atoms with Crippen LogP contribution in [-0.4, -0.2) is 33.1 Å². The van der Waals surface area contributed by atoms with Crippen molar-refractivity contribution in [2.45, 2.75) is 17.9 Å². The maximum Gasteiger partial charge on any atom is 0.289 e. The van der Waals surface area contributed by atoms with E-state index < -0.39 is 31.6 Å². The Bertz CT molecular complexity index is 573. The first-order chi connectivity index (χ1) is 8.77. The van der Waals surface area contributed by atoms with Crippen LogP contribution in [0.3, 0.4) is 0 Å². The van der Waals surface area contributed by atoms with Gasteiger partial charge in [-0.15, -0.1) is 0 Å². The average molecular weight is 289 g/mol. The number of ether oxygens (including phenoxy) is 1.